The Morgan fingerprint density at radius 2 is 1.94 bits per heavy atom. The maximum atomic E-state index is 10.9. The number of sulfone groups is 1. The molecule has 0 aromatic rings. The topological polar surface area (TPSA) is 55.4 Å². The minimum atomic E-state index is -2.83. The van der Waals surface area contributed by atoms with Crippen LogP contribution in [0.25, 0.3) is 0 Å². The van der Waals surface area contributed by atoms with E-state index in [1.807, 2.05) is 13.8 Å². The molecule has 0 saturated heterocycles. The van der Waals surface area contributed by atoms with Crippen LogP contribution in [0, 0.1) is 0 Å². The lowest BCUT2D eigenvalue weighted by molar-refractivity contribution is 0.00863. The third-order valence-corrected chi connectivity index (χ3v) is 3.57. The molecule has 0 bridgehead atoms. The Balaban J connectivity index is 3.71. The second kappa shape index (κ2) is 6.57. The van der Waals surface area contributed by atoms with Gasteiger partial charge in [-0.3, -0.25) is 0 Å². The van der Waals surface area contributed by atoms with Crippen LogP contribution in [-0.4, -0.2) is 45.7 Å². The zero-order valence-electron chi connectivity index (χ0n) is 11.0. The average Bonchev–Trinajstić information content (AvgIpc) is 2.10. The van der Waals surface area contributed by atoms with Crippen LogP contribution in [0.1, 0.15) is 33.6 Å². The van der Waals surface area contributed by atoms with Crippen molar-refractivity contribution in [1.29, 1.82) is 0 Å². The highest BCUT2D eigenvalue weighted by Crippen LogP contribution is 2.15. The Morgan fingerprint density at radius 1 is 1.38 bits per heavy atom. The molecule has 0 aliphatic carbocycles. The summed E-state index contributed by atoms with van der Waals surface area (Å²) in [6.45, 7) is 6.90. The smallest absolute Gasteiger partial charge is 0.147 e. The van der Waals surface area contributed by atoms with Crippen molar-refractivity contribution in [3.63, 3.8) is 0 Å². The molecule has 0 radical (unpaired) electrons. The molecule has 1 atom stereocenters. The van der Waals surface area contributed by atoms with E-state index >= 15 is 0 Å². The Kier molecular flexibility index (Phi) is 6.51. The highest BCUT2D eigenvalue weighted by atomic mass is 32.2. The van der Waals surface area contributed by atoms with Crippen molar-refractivity contribution in [2.24, 2.45) is 0 Å². The first kappa shape index (κ1) is 15.9. The molecule has 0 aromatic carbocycles. The van der Waals surface area contributed by atoms with Crippen LogP contribution in [0.4, 0.5) is 0 Å². The van der Waals surface area contributed by atoms with Gasteiger partial charge in [-0.15, -0.1) is 0 Å². The fourth-order valence-corrected chi connectivity index (χ4v) is 2.24. The van der Waals surface area contributed by atoms with Gasteiger partial charge in [0.2, 0.25) is 0 Å². The van der Waals surface area contributed by atoms with Crippen molar-refractivity contribution >= 4 is 9.84 Å². The van der Waals surface area contributed by atoms with Crippen molar-refractivity contribution in [2.45, 2.75) is 45.3 Å². The van der Waals surface area contributed by atoms with Gasteiger partial charge in [0.25, 0.3) is 0 Å². The van der Waals surface area contributed by atoms with Crippen molar-refractivity contribution in [1.82, 2.24) is 5.32 Å². The summed E-state index contributed by atoms with van der Waals surface area (Å²) < 4.78 is 27.1. The number of hydrogen-bond donors (Lipinski definition) is 1. The van der Waals surface area contributed by atoms with Crippen LogP contribution in [0.15, 0.2) is 0 Å². The third-order valence-electron chi connectivity index (χ3n) is 2.54. The predicted molar refractivity (Wildman–Crippen MR) is 67.5 cm³/mol. The maximum absolute atomic E-state index is 10.9. The van der Waals surface area contributed by atoms with E-state index in [2.05, 4.69) is 12.2 Å². The lowest BCUT2D eigenvalue weighted by atomic mass is 10.00. The second-order valence-electron chi connectivity index (χ2n) is 5.01. The molecular formula is C11H25NO3S. The largest absolute Gasteiger partial charge is 0.379 e. The Bertz CT molecular complexity index is 286. The summed E-state index contributed by atoms with van der Waals surface area (Å²) in [5, 5.41) is 3.30. The molecule has 1 N–H and O–H groups in total. The summed E-state index contributed by atoms with van der Waals surface area (Å²) in [4.78, 5) is 0. The van der Waals surface area contributed by atoms with Crippen molar-refractivity contribution < 1.29 is 13.2 Å². The molecule has 0 saturated carbocycles. The highest BCUT2D eigenvalue weighted by molar-refractivity contribution is 7.90. The normalized spacial score (nSPS) is 15.1. The van der Waals surface area contributed by atoms with Gasteiger partial charge in [0.05, 0.1) is 11.4 Å². The molecule has 0 spiro atoms. The van der Waals surface area contributed by atoms with Crippen LogP contribution in [-0.2, 0) is 14.6 Å². The van der Waals surface area contributed by atoms with Gasteiger partial charge in [-0.2, -0.15) is 0 Å². The predicted octanol–water partition coefficient (Wildman–Crippen LogP) is 1.21. The Hall–Kier alpha value is -0.130. The molecule has 0 rings (SSSR count). The summed E-state index contributed by atoms with van der Waals surface area (Å²) in [6, 6.07) is 0.328. The molecular weight excluding hydrogens is 226 g/mol. The molecule has 98 valence electrons. The first-order chi connectivity index (χ1) is 7.16. The summed E-state index contributed by atoms with van der Waals surface area (Å²) >= 11 is 0. The zero-order chi connectivity index (χ0) is 12.8. The molecule has 0 aliphatic rings. The summed E-state index contributed by atoms with van der Waals surface area (Å²) in [7, 11) is -1.12. The van der Waals surface area contributed by atoms with Gasteiger partial charge in [-0.25, -0.2) is 8.42 Å². The molecule has 16 heavy (non-hydrogen) atoms. The first-order valence-electron chi connectivity index (χ1n) is 5.62. The molecule has 5 heteroatoms. The summed E-state index contributed by atoms with van der Waals surface area (Å²) in [6.07, 6.45) is 2.84. The van der Waals surface area contributed by atoms with Gasteiger partial charge in [-0.1, -0.05) is 0 Å². The van der Waals surface area contributed by atoms with Crippen molar-refractivity contribution in [3.05, 3.63) is 0 Å². The number of hydrogen-bond acceptors (Lipinski definition) is 4. The Labute approximate surface area is 99.7 Å². The molecule has 0 aliphatic heterocycles. The van der Waals surface area contributed by atoms with Gasteiger partial charge >= 0.3 is 0 Å². The third kappa shape index (κ3) is 9.12. The van der Waals surface area contributed by atoms with Crippen LogP contribution in [0.2, 0.25) is 0 Å². The van der Waals surface area contributed by atoms with Gasteiger partial charge in [0.15, 0.2) is 0 Å². The lowest BCUT2D eigenvalue weighted by Gasteiger charge is -2.27. The van der Waals surface area contributed by atoms with Crippen LogP contribution >= 0.6 is 0 Å². The van der Waals surface area contributed by atoms with Gasteiger partial charge < -0.3 is 10.1 Å². The van der Waals surface area contributed by atoms with Gasteiger partial charge in [0, 0.05) is 19.4 Å². The van der Waals surface area contributed by atoms with E-state index in [0.29, 0.717) is 12.5 Å². The zero-order valence-corrected chi connectivity index (χ0v) is 11.9. The standard InChI is InChI=1S/C11H25NO3S/c1-10(9-11(2,3)15-4)12-7-6-8-16(5,13)14/h10,12H,6-9H2,1-5H3. The summed E-state index contributed by atoms with van der Waals surface area (Å²) in [5.41, 5.74) is -0.136. The van der Waals surface area contributed by atoms with E-state index in [0.717, 1.165) is 13.0 Å². The van der Waals surface area contributed by atoms with Crippen molar-refractivity contribution in [2.75, 3.05) is 25.7 Å². The molecule has 0 fully saturated rings. The number of nitrogens with one attached hydrogen (secondary N) is 1. The monoisotopic (exact) mass is 251 g/mol. The molecule has 0 amide bonds. The maximum Gasteiger partial charge on any atom is 0.147 e. The lowest BCUT2D eigenvalue weighted by Crippen LogP contribution is -2.36. The van der Waals surface area contributed by atoms with E-state index in [1.165, 1.54) is 6.26 Å². The number of methoxy groups -OCH3 is 1. The van der Waals surface area contributed by atoms with Crippen LogP contribution in [0.5, 0.6) is 0 Å². The molecule has 0 aromatic heterocycles. The van der Waals surface area contributed by atoms with Crippen LogP contribution < -0.4 is 5.32 Å². The van der Waals surface area contributed by atoms with E-state index in [-0.39, 0.29) is 11.4 Å². The fraction of sp³-hybridized carbons (Fsp3) is 1.00. The SMILES string of the molecule is COC(C)(C)CC(C)NCCCS(C)(=O)=O. The highest BCUT2D eigenvalue weighted by Gasteiger charge is 2.19. The van der Waals surface area contributed by atoms with Crippen LogP contribution in [0.3, 0.4) is 0 Å². The first-order valence-corrected chi connectivity index (χ1v) is 7.68. The van der Waals surface area contributed by atoms with Gasteiger partial charge in [0.1, 0.15) is 9.84 Å². The Morgan fingerprint density at radius 3 is 2.38 bits per heavy atom. The van der Waals surface area contributed by atoms with Crippen molar-refractivity contribution in [3.8, 4) is 0 Å². The van der Waals surface area contributed by atoms with E-state index in [4.69, 9.17) is 4.74 Å². The fourth-order valence-electron chi connectivity index (χ4n) is 1.58. The minimum absolute atomic E-state index is 0.136. The molecule has 1 unspecified atom stereocenters. The second-order valence-corrected chi connectivity index (χ2v) is 7.27. The number of ether oxygens (including phenoxy) is 1. The van der Waals surface area contributed by atoms with E-state index in [9.17, 15) is 8.42 Å². The average molecular weight is 251 g/mol. The van der Waals surface area contributed by atoms with E-state index in [1.54, 1.807) is 7.11 Å². The molecule has 0 heterocycles. The van der Waals surface area contributed by atoms with Gasteiger partial charge in [-0.05, 0) is 40.2 Å². The quantitative estimate of drug-likeness (QED) is 0.659. The number of rotatable bonds is 8. The minimum Gasteiger partial charge on any atom is -0.379 e. The van der Waals surface area contributed by atoms with E-state index < -0.39 is 9.84 Å². The summed E-state index contributed by atoms with van der Waals surface area (Å²) in [5.74, 6) is 0.250. The molecule has 4 nitrogen and oxygen atoms in total.